The lowest BCUT2D eigenvalue weighted by Gasteiger charge is -2.28. The SMILES string of the molecule is CC[C@H](C)[C@H](NC(=O)[C@H](CC(N)=O)NC(=O)[C@H](Cc1ccc(O)cc1)NC(=O)[C@@H](N)CO)C(=O)N[C@@H](Cc1cnc[nH]1)C(=O)O. The molecule has 5 amide bonds. The van der Waals surface area contributed by atoms with E-state index in [1.54, 1.807) is 13.8 Å². The first kappa shape index (κ1) is 36.2. The molecule has 0 saturated carbocycles. The number of nitrogens with zero attached hydrogens (tertiary/aromatic N) is 1. The molecule has 0 aliphatic rings. The van der Waals surface area contributed by atoms with Crippen LogP contribution in [-0.4, -0.2) is 97.6 Å². The molecule has 1 heterocycles. The number of aromatic hydroxyl groups is 1. The van der Waals surface area contributed by atoms with Gasteiger partial charge in [-0.3, -0.25) is 24.0 Å². The van der Waals surface area contributed by atoms with Crippen molar-refractivity contribution in [3.8, 4) is 5.75 Å². The Morgan fingerprint density at radius 3 is 2.02 bits per heavy atom. The number of hydrogen-bond donors (Lipinski definition) is 10. The quantitative estimate of drug-likeness (QED) is 0.0798. The zero-order valence-electron chi connectivity index (χ0n) is 24.9. The van der Waals surface area contributed by atoms with Crippen LogP contribution in [0.1, 0.15) is 37.9 Å². The second kappa shape index (κ2) is 17.3. The Labute approximate surface area is 258 Å². The number of carbonyl (C=O) groups is 6. The lowest BCUT2D eigenvalue weighted by molar-refractivity contribution is -0.142. The molecule has 0 saturated heterocycles. The number of H-pyrrole nitrogens is 1. The summed E-state index contributed by atoms with van der Waals surface area (Å²) in [5.74, 6) is -6.42. The van der Waals surface area contributed by atoms with E-state index in [2.05, 4.69) is 31.2 Å². The number of aliphatic hydroxyl groups is 1. The summed E-state index contributed by atoms with van der Waals surface area (Å²) in [4.78, 5) is 82.8. The van der Waals surface area contributed by atoms with E-state index in [-0.39, 0.29) is 18.6 Å². The Hall–Kier alpha value is -5.03. The Bertz CT molecular complexity index is 1320. The third kappa shape index (κ3) is 11.5. The maximum absolute atomic E-state index is 13.4. The van der Waals surface area contributed by atoms with Gasteiger partial charge in [-0.25, -0.2) is 9.78 Å². The van der Waals surface area contributed by atoms with E-state index in [0.717, 1.165) is 0 Å². The number of phenols is 1. The summed E-state index contributed by atoms with van der Waals surface area (Å²) < 4.78 is 0. The van der Waals surface area contributed by atoms with Gasteiger partial charge in [-0.15, -0.1) is 0 Å². The number of nitrogens with two attached hydrogens (primary N) is 2. The van der Waals surface area contributed by atoms with E-state index in [9.17, 15) is 44.1 Å². The summed E-state index contributed by atoms with van der Waals surface area (Å²) in [6, 6.07) is -1.23. The molecule has 0 radical (unpaired) electrons. The predicted octanol–water partition coefficient (Wildman–Crippen LogP) is -2.83. The number of phenolic OH excluding ortho intramolecular Hbond substituents is 1. The van der Waals surface area contributed by atoms with Crippen LogP contribution in [0.2, 0.25) is 0 Å². The lowest BCUT2D eigenvalue weighted by atomic mass is 9.97. The van der Waals surface area contributed by atoms with Crippen molar-refractivity contribution in [2.75, 3.05) is 6.61 Å². The molecule has 0 bridgehead atoms. The van der Waals surface area contributed by atoms with Crippen LogP contribution in [0.4, 0.5) is 0 Å². The molecule has 0 aliphatic heterocycles. The molecule has 0 spiro atoms. The van der Waals surface area contributed by atoms with Crippen LogP contribution in [-0.2, 0) is 41.6 Å². The number of amides is 5. The minimum Gasteiger partial charge on any atom is -0.508 e. The molecule has 0 fully saturated rings. The van der Waals surface area contributed by atoms with Gasteiger partial charge in [0, 0.05) is 24.7 Å². The van der Waals surface area contributed by atoms with Crippen LogP contribution in [0, 0.1) is 5.92 Å². The van der Waals surface area contributed by atoms with Gasteiger partial charge in [0.1, 0.15) is 36.0 Å². The molecular weight excluding hydrogens is 592 g/mol. The van der Waals surface area contributed by atoms with E-state index in [4.69, 9.17) is 11.5 Å². The Morgan fingerprint density at radius 2 is 1.49 bits per heavy atom. The standard InChI is InChI=1S/C28H40N8O9/c1-3-14(2)23(27(43)35-21(28(44)45)9-16-11-31-13-32-16)36-26(42)20(10-22(30)39)34-25(41)19(33-24(40)18(29)12-37)8-15-4-6-17(38)7-5-15/h4-7,11,13-14,18-21,23,37-38H,3,8-10,12,29H2,1-2H3,(H2,30,39)(H,31,32)(H,33,40)(H,34,41)(H,35,43)(H,36,42)(H,44,45)/t14-,18-,19-,20-,21-,23-/m0/s1. The first-order chi connectivity index (χ1) is 21.2. The summed E-state index contributed by atoms with van der Waals surface area (Å²) in [6.07, 6.45) is 2.22. The van der Waals surface area contributed by atoms with Crippen molar-refractivity contribution in [3.05, 3.63) is 48.0 Å². The highest BCUT2D eigenvalue weighted by Gasteiger charge is 2.34. The fourth-order valence-electron chi connectivity index (χ4n) is 4.16. The van der Waals surface area contributed by atoms with Gasteiger partial charge >= 0.3 is 5.97 Å². The number of rotatable bonds is 18. The highest BCUT2D eigenvalue weighted by Crippen LogP contribution is 2.13. The monoisotopic (exact) mass is 632 g/mol. The molecular formula is C28H40N8O9. The second-order valence-corrected chi connectivity index (χ2v) is 10.5. The van der Waals surface area contributed by atoms with Crippen LogP contribution < -0.4 is 32.7 Å². The van der Waals surface area contributed by atoms with Crippen LogP contribution in [0.5, 0.6) is 5.75 Å². The van der Waals surface area contributed by atoms with Crippen molar-refractivity contribution >= 4 is 35.5 Å². The van der Waals surface area contributed by atoms with Gasteiger partial charge in [0.15, 0.2) is 0 Å². The largest absolute Gasteiger partial charge is 0.508 e. The number of primary amides is 1. The number of hydrogen-bond acceptors (Lipinski definition) is 10. The molecule has 12 N–H and O–H groups in total. The molecule has 1 aromatic carbocycles. The molecule has 6 atom stereocenters. The van der Waals surface area contributed by atoms with E-state index >= 15 is 0 Å². The van der Waals surface area contributed by atoms with Crippen LogP contribution in [0.25, 0.3) is 0 Å². The molecule has 246 valence electrons. The fraction of sp³-hybridized carbons (Fsp3) is 0.464. The molecule has 45 heavy (non-hydrogen) atoms. The summed E-state index contributed by atoms with van der Waals surface area (Å²) in [5, 5.41) is 38.1. The second-order valence-electron chi connectivity index (χ2n) is 10.5. The predicted molar refractivity (Wildman–Crippen MR) is 158 cm³/mol. The maximum atomic E-state index is 13.4. The highest BCUT2D eigenvalue weighted by molar-refractivity contribution is 5.97. The first-order valence-corrected chi connectivity index (χ1v) is 14.1. The summed E-state index contributed by atoms with van der Waals surface area (Å²) in [5.41, 5.74) is 11.9. The van der Waals surface area contributed by atoms with Gasteiger partial charge < -0.3 is 53.0 Å². The van der Waals surface area contributed by atoms with Gasteiger partial charge in [-0.2, -0.15) is 0 Å². The number of nitrogens with one attached hydrogen (secondary N) is 5. The molecule has 0 unspecified atom stereocenters. The molecule has 2 aromatic rings. The average molecular weight is 633 g/mol. The zero-order valence-corrected chi connectivity index (χ0v) is 24.9. The van der Waals surface area contributed by atoms with Crippen molar-refractivity contribution in [1.29, 1.82) is 0 Å². The highest BCUT2D eigenvalue weighted by atomic mass is 16.4. The average Bonchev–Trinajstić information content (AvgIpc) is 3.51. The van der Waals surface area contributed by atoms with Gasteiger partial charge in [0.05, 0.1) is 19.4 Å². The van der Waals surface area contributed by atoms with E-state index < -0.39 is 84.7 Å². The van der Waals surface area contributed by atoms with Gasteiger partial charge in [0.25, 0.3) is 0 Å². The third-order valence-corrected chi connectivity index (χ3v) is 6.97. The zero-order chi connectivity index (χ0) is 33.7. The minimum atomic E-state index is -1.60. The lowest BCUT2D eigenvalue weighted by Crippen LogP contribution is -2.60. The number of aromatic nitrogens is 2. The molecule has 1 aromatic heterocycles. The Kier molecular flexibility index (Phi) is 13.9. The van der Waals surface area contributed by atoms with Crippen molar-refractivity contribution in [3.63, 3.8) is 0 Å². The number of carboxylic acid groups (broad SMARTS) is 1. The normalized spacial score (nSPS) is 14.9. The fourth-order valence-corrected chi connectivity index (χ4v) is 4.16. The molecule has 2 rings (SSSR count). The number of imidazole rings is 1. The minimum absolute atomic E-state index is 0.0415. The van der Waals surface area contributed by atoms with Crippen molar-refractivity contribution in [2.24, 2.45) is 17.4 Å². The van der Waals surface area contributed by atoms with Crippen LogP contribution in [0.3, 0.4) is 0 Å². The van der Waals surface area contributed by atoms with Crippen LogP contribution in [0.15, 0.2) is 36.8 Å². The summed E-state index contributed by atoms with van der Waals surface area (Å²) in [7, 11) is 0. The summed E-state index contributed by atoms with van der Waals surface area (Å²) >= 11 is 0. The van der Waals surface area contributed by atoms with Crippen LogP contribution >= 0.6 is 0 Å². The van der Waals surface area contributed by atoms with Gasteiger partial charge in [-0.1, -0.05) is 32.4 Å². The Morgan fingerprint density at radius 1 is 0.889 bits per heavy atom. The van der Waals surface area contributed by atoms with Gasteiger partial charge in [-0.05, 0) is 23.6 Å². The van der Waals surface area contributed by atoms with E-state index in [1.807, 2.05) is 0 Å². The van der Waals surface area contributed by atoms with Crippen molar-refractivity contribution in [2.45, 2.75) is 69.7 Å². The third-order valence-electron chi connectivity index (χ3n) is 6.97. The van der Waals surface area contributed by atoms with E-state index in [0.29, 0.717) is 17.7 Å². The first-order valence-electron chi connectivity index (χ1n) is 14.1. The Balaban J connectivity index is 2.27. The summed E-state index contributed by atoms with van der Waals surface area (Å²) in [6.45, 7) is 2.67. The number of aliphatic carboxylic acids is 1. The smallest absolute Gasteiger partial charge is 0.326 e. The molecule has 0 aliphatic carbocycles. The van der Waals surface area contributed by atoms with Crippen molar-refractivity contribution < 1.29 is 44.1 Å². The van der Waals surface area contributed by atoms with Crippen molar-refractivity contribution in [1.82, 2.24) is 31.2 Å². The topological polar surface area (TPSA) is 292 Å². The van der Waals surface area contributed by atoms with Gasteiger partial charge in [0.2, 0.25) is 29.5 Å². The molecule has 17 heteroatoms. The number of benzene rings is 1. The number of aliphatic hydroxyl groups excluding tert-OH is 1. The number of aromatic amines is 1. The number of carboxylic acids is 1. The van der Waals surface area contributed by atoms with E-state index in [1.165, 1.54) is 36.8 Å². The molecule has 17 nitrogen and oxygen atoms in total. The maximum Gasteiger partial charge on any atom is 0.326 e. The number of carbonyl (C=O) groups excluding carboxylic acids is 5.